The molecule has 0 aliphatic rings. The molecule has 1 rings (SSSR count). The van der Waals surface area contributed by atoms with Crippen LogP contribution in [0.1, 0.15) is 20.3 Å². The van der Waals surface area contributed by atoms with Crippen molar-refractivity contribution in [1.82, 2.24) is 4.72 Å². The van der Waals surface area contributed by atoms with E-state index in [4.69, 9.17) is 28.3 Å². The molecule has 112 valence electrons. The highest BCUT2D eigenvalue weighted by atomic mass is 35.5. The van der Waals surface area contributed by atoms with Crippen molar-refractivity contribution >= 4 is 39.2 Å². The summed E-state index contributed by atoms with van der Waals surface area (Å²) in [4.78, 5) is 11.0. The largest absolute Gasteiger partial charge is 0.480 e. The predicted octanol–water partition coefficient (Wildman–Crippen LogP) is 2.77. The Balaban J connectivity index is 3.09. The summed E-state index contributed by atoms with van der Waals surface area (Å²) >= 11 is 11.5. The van der Waals surface area contributed by atoms with E-state index < -0.39 is 22.0 Å². The lowest BCUT2D eigenvalue weighted by atomic mass is 10.0. The first kappa shape index (κ1) is 17.2. The summed E-state index contributed by atoms with van der Waals surface area (Å²) in [6.45, 7) is 3.45. The van der Waals surface area contributed by atoms with Crippen LogP contribution in [-0.4, -0.2) is 25.5 Å². The summed E-state index contributed by atoms with van der Waals surface area (Å²) in [7, 11) is -3.97. The molecule has 20 heavy (non-hydrogen) atoms. The van der Waals surface area contributed by atoms with Crippen LogP contribution in [0.4, 0.5) is 0 Å². The Labute approximate surface area is 127 Å². The van der Waals surface area contributed by atoms with Crippen LogP contribution in [0.25, 0.3) is 0 Å². The SMILES string of the molecule is CCC(C)[C@H](NS(=O)(=O)c1ccc(Cl)c(Cl)c1)C(=O)O. The van der Waals surface area contributed by atoms with E-state index in [-0.39, 0.29) is 20.9 Å². The van der Waals surface area contributed by atoms with E-state index in [0.29, 0.717) is 6.42 Å². The summed E-state index contributed by atoms with van der Waals surface area (Å²) < 4.78 is 26.5. The molecule has 5 nitrogen and oxygen atoms in total. The Morgan fingerprint density at radius 3 is 2.40 bits per heavy atom. The number of carboxylic acids is 1. The van der Waals surface area contributed by atoms with Crippen molar-refractivity contribution in [2.45, 2.75) is 31.2 Å². The predicted molar refractivity (Wildman–Crippen MR) is 77.7 cm³/mol. The van der Waals surface area contributed by atoms with Gasteiger partial charge in [-0.1, -0.05) is 43.5 Å². The molecule has 0 saturated heterocycles. The van der Waals surface area contributed by atoms with Gasteiger partial charge in [0.1, 0.15) is 6.04 Å². The molecular weight excluding hydrogens is 325 g/mol. The Hall–Kier alpha value is -0.820. The second-order valence-electron chi connectivity index (χ2n) is 4.40. The standard InChI is InChI=1S/C12H15Cl2NO4S/c1-3-7(2)11(12(16)17)15-20(18,19)8-4-5-9(13)10(14)6-8/h4-7,11,15H,3H2,1-2H3,(H,16,17)/t7?,11-/m0/s1. The average Bonchev–Trinajstić information content (AvgIpc) is 2.38. The van der Waals surface area contributed by atoms with Gasteiger partial charge in [-0.2, -0.15) is 4.72 Å². The van der Waals surface area contributed by atoms with Crippen LogP contribution in [-0.2, 0) is 14.8 Å². The molecule has 2 atom stereocenters. The molecule has 0 radical (unpaired) electrons. The van der Waals surface area contributed by atoms with Gasteiger partial charge in [-0.3, -0.25) is 4.79 Å². The zero-order valence-corrected chi connectivity index (χ0v) is 13.3. The minimum absolute atomic E-state index is 0.0879. The normalized spacial score (nSPS) is 14.8. The van der Waals surface area contributed by atoms with Gasteiger partial charge in [0.05, 0.1) is 14.9 Å². The molecule has 2 N–H and O–H groups in total. The maximum atomic E-state index is 12.2. The first-order valence-corrected chi connectivity index (χ1v) is 8.13. The molecule has 1 aromatic rings. The lowest BCUT2D eigenvalue weighted by molar-refractivity contribution is -0.140. The van der Waals surface area contributed by atoms with Crippen LogP contribution < -0.4 is 4.72 Å². The summed E-state index contributed by atoms with van der Waals surface area (Å²) in [6, 6.07) is 2.60. The van der Waals surface area contributed by atoms with Crippen molar-refractivity contribution in [3.63, 3.8) is 0 Å². The Morgan fingerprint density at radius 1 is 1.35 bits per heavy atom. The van der Waals surface area contributed by atoms with E-state index in [2.05, 4.69) is 4.72 Å². The number of benzene rings is 1. The number of carbonyl (C=O) groups is 1. The quantitative estimate of drug-likeness (QED) is 0.834. The van der Waals surface area contributed by atoms with E-state index in [1.807, 2.05) is 0 Å². The topological polar surface area (TPSA) is 83.5 Å². The number of nitrogens with one attached hydrogen (secondary N) is 1. The molecule has 1 unspecified atom stereocenters. The minimum atomic E-state index is -3.97. The summed E-state index contributed by atoms with van der Waals surface area (Å²) in [5.74, 6) is -1.56. The zero-order valence-electron chi connectivity index (χ0n) is 10.9. The number of hydrogen-bond donors (Lipinski definition) is 2. The molecule has 8 heteroatoms. The lowest BCUT2D eigenvalue weighted by Crippen LogP contribution is -2.44. The van der Waals surface area contributed by atoms with E-state index in [0.717, 1.165) is 0 Å². The van der Waals surface area contributed by atoms with E-state index in [1.165, 1.54) is 18.2 Å². The highest BCUT2D eigenvalue weighted by molar-refractivity contribution is 7.89. The molecule has 0 fully saturated rings. The van der Waals surface area contributed by atoms with Crippen LogP contribution in [0.2, 0.25) is 10.0 Å². The van der Waals surface area contributed by atoms with Gasteiger partial charge in [0, 0.05) is 0 Å². The molecule has 0 aromatic heterocycles. The molecule has 1 aromatic carbocycles. The van der Waals surface area contributed by atoms with E-state index in [9.17, 15) is 13.2 Å². The molecule has 0 aliphatic carbocycles. The Bertz CT molecular complexity index is 603. The summed E-state index contributed by atoms with van der Waals surface area (Å²) in [5, 5.41) is 9.42. The van der Waals surface area contributed by atoms with Gasteiger partial charge in [0.2, 0.25) is 10.0 Å². The van der Waals surface area contributed by atoms with Crippen LogP contribution in [0.3, 0.4) is 0 Å². The molecule has 0 bridgehead atoms. The van der Waals surface area contributed by atoms with Gasteiger partial charge in [0.25, 0.3) is 0 Å². The summed E-state index contributed by atoms with van der Waals surface area (Å²) in [5.41, 5.74) is 0. The molecule has 0 spiro atoms. The molecule has 0 saturated carbocycles. The highest BCUT2D eigenvalue weighted by Gasteiger charge is 2.29. The molecule has 0 aliphatic heterocycles. The van der Waals surface area contributed by atoms with Crippen molar-refractivity contribution in [3.8, 4) is 0 Å². The lowest BCUT2D eigenvalue weighted by Gasteiger charge is -2.20. The number of carboxylic acid groups (broad SMARTS) is 1. The van der Waals surface area contributed by atoms with Gasteiger partial charge in [-0.25, -0.2) is 8.42 Å². The van der Waals surface area contributed by atoms with E-state index >= 15 is 0 Å². The van der Waals surface area contributed by atoms with Gasteiger partial charge < -0.3 is 5.11 Å². The van der Waals surface area contributed by atoms with Crippen LogP contribution in [0.15, 0.2) is 23.1 Å². The van der Waals surface area contributed by atoms with Crippen LogP contribution >= 0.6 is 23.2 Å². The zero-order chi connectivity index (χ0) is 15.5. The molecule has 0 heterocycles. The summed E-state index contributed by atoms with van der Waals surface area (Å²) in [6.07, 6.45) is 0.529. The van der Waals surface area contributed by atoms with Gasteiger partial charge in [0.15, 0.2) is 0 Å². The number of sulfonamides is 1. The van der Waals surface area contributed by atoms with Crippen LogP contribution in [0, 0.1) is 5.92 Å². The number of aliphatic carboxylic acids is 1. The fourth-order valence-corrected chi connectivity index (χ4v) is 3.21. The van der Waals surface area contributed by atoms with Gasteiger partial charge in [-0.15, -0.1) is 0 Å². The number of halogens is 2. The first-order valence-electron chi connectivity index (χ1n) is 5.89. The minimum Gasteiger partial charge on any atom is -0.480 e. The highest BCUT2D eigenvalue weighted by Crippen LogP contribution is 2.25. The van der Waals surface area contributed by atoms with Crippen LogP contribution in [0.5, 0.6) is 0 Å². The molecular formula is C12H15Cl2NO4S. The third-order valence-corrected chi connectivity index (χ3v) is 5.14. The second-order valence-corrected chi connectivity index (χ2v) is 6.93. The smallest absolute Gasteiger partial charge is 0.322 e. The third kappa shape index (κ3) is 4.09. The van der Waals surface area contributed by atoms with E-state index in [1.54, 1.807) is 13.8 Å². The Morgan fingerprint density at radius 2 is 1.95 bits per heavy atom. The van der Waals surface area contributed by atoms with Crippen molar-refractivity contribution in [1.29, 1.82) is 0 Å². The van der Waals surface area contributed by atoms with Gasteiger partial charge in [-0.05, 0) is 24.1 Å². The fraction of sp³-hybridized carbons (Fsp3) is 0.417. The van der Waals surface area contributed by atoms with Gasteiger partial charge >= 0.3 is 5.97 Å². The monoisotopic (exact) mass is 339 g/mol. The third-order valence-electron chi connectivity index (χ3n) is 2.96. The number of rotatable bonds is 6. The Kier molecular flexibility index (Phi) is 5.82. The maximum Gasteiger partial charge on any atom is 0.322 e. The maximum absolute atomic E-state index is 12.2. The second kappa shape index (κ2) is 6.76. The fourth-order valence-electron chi connectivity index (χ4n) is 1.52. The number of hydrogen-bond acceptors (Lipinski definition) is 3. The van der Waals surface area contributed by atoms with Crippen molar-refractivity contribution < 1.29 is 18.3 Å². The molecule has 0 amide bonds. The average molecular weight is 340 g/mol. The van der Waals surface area contributed by atoms with Crippen molar-refractivity contribution in [2.24, 2.45) is 5.92 Å². The first-order chi connectivity index (χ1) is 9.19. The van der Waals surface area contributed by atoms with Crippen molar-refractivity contribution in [3.05, 3.63) is 28.2 Å². The van der Waals surface area contributed by atoms with Crippen molar-refractivity contribution in [2.75, 3.05) is 0 Å².